The third kappa shape index (κ3) is 6.84. The molecule has 6 heteroatoms. The fourth-order valence-corrected chi connectivity index (χ4v) is 3.17. The van der Waals surface area contributed by atoms with E-state index in [1.165, 1.54) is 5.56 Å². The standard InChI is InChI=1S/C20H33N3O3/c1-21-20(23-12-10-18(15-23)16-26-14-13-24-2)22-11-4-5-17-6-8-19(25-3)9-7-17/h6-9,18H,4-5,10-16H2,1-3H3,(H,21,22). The van der Waals surface area contributed by atoms with Gasteiger partial charge in [-0.15, -0.1) is 0 Å². The van der Waals surface area contributed by atoms with E-state index in [0.29, 0.717) is 19.1 Å². The van der Waals surface area contributed by atoms with Crippen molar-refractivity contribution in [2.24, 2.45) is 10.9 Å². The van der Waals surface area contributed by atoms with Crippen LogP contribution in [0.25, 0.3) is 0 Å². The molecule has 1 heterocycles. The zero-order chi connectivity index (χ0) is 18.6. The molecule has 146 valence electrons. The van der Waals surface area contributed by atoms with Gasteiger partial charge >= 0.3 is 0 Å². The van der Waals surface area contributed by atoms with E-state index < -0.39 is 0 Å². The minimum atomic E-state index is 0.574. The summed E-state index contributed by atoms with van der Waals surface area (Å²) in [6.45, 7) is 5.10. The van der Waals surface area contributed by atoms with Gasteiger partial charge in [-0.3, -0.25) is 4.99 Å². The van der Waals surface area contributed by atoms with Crippen LogP contribution in [0.2, 0.25) is 0 Å². The third-order valence-corrected chi connectivity index (χ3v) is 4.67. The first kappa shape index (κ1) is 20.5. The molecule has 1 aromatic carbocycles. The highest BCUT2D eigenvalue weighted by Crippen LogP contribution is 2.17. The van der Waals surface area contributed by atoms with Crippen LogP contribution in [0.5, 0.6) is 5.75 Å². The lowest BCUT2D eigenvalue weighted by Gasteiger charge is -2.21. The van der Waals surface area contributed by atoms with Crippen molar-refractivity contribution < 1.29 is 14.2 Å². The molecular formula is C20H33N3O3. The van der Waals surface area contributed by atoms with E-state index in [1.807, 2.05) is 19.2 Å². The first-order chi connectivity index (χ1) is 12.8. The Bertz CT molecular complexity index is 534. The number of benzene rings is 1. The van der Waals surface area contributed by atoms with Gasteiger partial charge in [0.05, 0.1) is 26.9 Å². The molecular weight excluding hydrogens is 330 g/mol. The normalized spacial score (nSPS) is 17.6. The van der Waals surface area contributed by atoms with Gasteiger partial charge in [0.1, 0.15) is 5.75 Å². The Morgan fingerprint density at radius 2 is 2.04 bits per heavy atom. The van der Waals surface area contributed by atoms with E-state index in [1.54, 1.807) is 14.2 Å². The van der Waals surface area contributed by atoms with Crippen LogP contribution in [-0.2, 0) is 15.9 Å². The van der Waals surface area contributed by atoms with Gasteiger partial charge in [-0.05, 0) is 37.0 Å². The number of hydrogen-bond acceptors (Lipinski definition) is 4. The maximum absolute atomic E-state index is 5.66. The molecule has 1 aliphatic heterocycles. The predicted molar refractivity (Wildman–Crippen MR) is 105 cm³/mol. The monoisotopic (exact) mass is 363 g/mol. The molecule has 1 unspecified atom stereocenters. The quantitative estimate of drug-likeness (QED) is 0.392. The van der Waals surface area contributed by atoms with Gasteiger partial charge in [-0.25, -0.2) is 0 Å². The lowest BCUT2D eigenvalue weighted by Crippen LogP contribution is -2.40. The van der Waals surface area contributed by atoms with Crippen molar-refractivity contribution in [1.82, 2.24) is 10.2 Å². The van der Waals surface area contributed by atoms with Gasteiger partial charge in [0.2, 0.25) is 0 Å². The molecule has 0 spiro atoms. The summed E-state index contributed by atoms with van der Waals surface area (Å²) < 4.78 is 15.9. The van der Waals surface area contributed by atoms with Gasteiger partial charge in [0, 0.05) is 39.7 Å². The van der Waals surface area contributed by atoms with Crippen LogP contribution in [0.3, 0.4) is 0 Å². The van der Waals surface area contributed by atoms with Crippen molar-refractivity contribution in [2.45, 2.75) is 19.3 Å². The van der Waals surface area contributed by atoms with Crippen LogP contribution in [0.1, 0.15) is 18.4 Å². The third-order valence-electron chi connectivity index (χ3n) is 4.67. The van der Waals surface area contributed by atoms with E-state index >= 15 is 0 Å². The molecule has 0 aliphatic carbocycles. The lowest BCUT2D eigenvalue weighted by molar-refractivity contribution is 0.0536. The van der Waals surface area contributed by atoms with Gasteiger partial charge in [-0.1, -0.05) is 12.1 Å². The molecule has 0 bridgehead atoms. The Balaban J connectivity index is 1.64. The minimum absolute atomic E-state index is 0.574. The molecule has 0 aromatic heterocycles. The van der Waals surface area contributed by atoms with Crippen molar-refractivity contribution in [1.29, 1.82) is 0 Å². The molecule has 26 heavy (non-hydrogen) atoms. The molecule has 1 aromatic rings. The average Bonchev–Trinajstić information content (AvgIpc) is 3.14. The maximum atomic E-state index is 5.66. The number of aryl methyl sites for hydroxylation is 1. The van der Waals surface area contributed by atoms with E-state index in [9.17, 15) is 0 Å². The summed E-state index contributed by atoms with van der Waals surface area (Å²) in [5, 5.41) is 3.49. The Morgan fingerprint density at radius 1 is 1.23 bits per heavy atom. The van der Waals surface area contributed by atoms with Crippen LogP contribution >= 0.6 is 0 Å². The van der Waals surface area contributed by atoms with Gasteiger partial charge < -0.3 is 24.4 Å². The first-order valence-electron chi connectivity index (χ1n) is 9.42. The molecule has 1 fully saturated rings. The number of likely N-dealkylation sites (tertiary alicyclic amines) is 1. The SMILES string of the molecule is CN=C(NCCCc1ccc(OC)cc1)N1CCC(COCCOC)C1. The lowest BCUT2D eigenvalue weighted by atomic mass is 10.1. The molecule has 1 saturated heterocycles. The van der Waals surface area contributed by atoms with Crippen LogP contribution in [0.15, 0.2) is 29.3 Å². The average molecular weight is 364 g/mol. The van der Waals surface area contributed by atoms with Crippen LogP contribution < -0.4 is 10.1 Å². The zero-order valence-electron chi connectivity index (χ0n) is 16.4. The smallest absolute Gasteiger partial charge is 0.193 e. The minimum Gasteiger partial charge on any atom is -0.497 e. The molecule has 1 N–H and O–H groups in total. The summed E-state index contributed by atoms with van der Waals surface area (Å²) in [6.07, 6.45) is 3.27. The number of guanidine groups is 1. The summed E-state index contributed by atoms with van der Waals surface area (Å²) in [4.78, 5) is 6.77. The van der Waals surface area contributed by atoms with Crippen molar-refractivity contribution >= 4 is 5.96 Å². The van der Waals surface area contributed by atoms with Crippen molar-refractivity contribution in [2.75, 3.05) is 60.7 Å². The fourth-order valence-electron chi connectivity index (χ4n) is 3.17. The molecule has 6 nitrogen and oxygen atoms in total. The second kappa shape index (κ2) is 11.8. The summed E-state index contributed by atoms with van der Waals surface area (Å²) in [5.74, 6) is 2.48. The summed E-state index contributed by atoms with van der Waals surface area (Å²) in [7, 11) is 5.25. The Hall–Kier alpha value is -1.79. The number of nitrogens with one attached hydrogen (secondary N) is 1. The highest BCUT2D eigenvalue weighted by molar-refractivity contribution is 5.80. The predicted octanol–water partition coefficient (Wildman–Crippen LogP) is 2.19. The molecule has 0 amide bonds. The zero-order valence-corrected chi connectivity index (χ0v) is 16.4. The Morgan fingerprint density at radius 3 is 2.73 bits per heavy atom. The Labute approximate surface area is 157 Å². The van der Waals surface area contributed by atoms with Crippen molar-refractivity contribution in [3.63, 3.8) is 0 Å². The molecule has 0 radical (unpaired) electrons. The second-order valence-electron chi connectivity index (χ2n) is 6.59. The highest BCUT2D eigenvalue weighted by Gasteiger charge is 2.24. The van der Waals surface area contributed by atoms with Gasteiger partial charge in [0.25, 0.3) is 0 Å². The summed E-state index contributed by atoms with van der Waals surface area (Å²) >= 11 is 0. The molecule has 0 saturated carbocycles. The fraction of sp³-hybridized carbons (Fsp3) is 0.650. The van der Waals surface area contributed by atoms with Crippen molar-refractivity contribution in [3.8, 4) is 5.75 Å². The number of rotatable bonds is 10. The second-order valence-corrected chi connectivity index (χ2v) is 6.59. The van der Waals surface area contributed by atoms with Crippen LogP contribution in [0, 0.1) is 5.92 Å². The van der Waals surface area contributed by atoms with Crippen LogP contribution in [0.4, 0.5) is 0 Å². The molecule has 1 atom stereocenters. The van der Waals surface area contributed by atoms with E-state index in [4.69, 9.17) is 14.2 Å². The largest absolute Gasteiger partial charge is 0.497 e. The molecule has 2 rings (SSSR count). The maximum Gasteiger partial charge on any atom is 0.193 e. The number of aliphatic imine (C=N–C) groups is 1. The van der Waals surface area contributed by atoms with Crippen molar-refractivity contribution in [3.05, 3.63) is 29.8 Å². The number of methoxy groups -OCH3 is 2. The number of ether oxygens (including phenoxy) is 3. The first-order valence-corrected chi connectivity index (χ1v) is 9.42. The van der Waals surface area contributed by atoms with Gasteiger partial charge in [0.15, 0.2) is 5.96 Å². The van der Waals surface area contributed by atoms with Crippen LogP contribution in [-0.4, -0.2) is 71.6 Å². The van der Waals surface area contributed by atoms with E-state index in [0.717, 1.165) is 57.2 Å². The Kier molecular flexibility index (Phi) is 9.28. The van der Waals surface area contributed by atoms with E-state index in [2.05, 4.69) is 27.3 Å². The van der Waals surface area contributed by atoms with E-state index in [-0.39, 0.29) is 0 Å². The highest BCUT2D eigenvalue weighted by atomic mass is 16.5. The number of hydrogen-bond donors (Lipinski definition) is 1. The van der Waals surface area contributed by atoms with Gasteiger partial charge in [-0.2, -0.15) is 0 Å². The summed E-state index contributed by atoms with van der Waals surface area (Å²) in [6, 6.07) is 8.28. The molecule has 1 aliphatic rings. The summed E-state index contributed by atoms with van der Waals surface area (Å²) in [5.41, 5.74) is 1.33. The number of nitrogens with zero attached hydrogens (tertiary/aromatic N) is 2. The topological polar surface area (TPSA) is 55.3 Å².